The van der Waals surface area contributed by atoms with Crippen molar-refractivity contribution in [2.75, 3.05) is 0 Å². The first-order valence-corrected chi connectivity index (χ1v) is 9.00. The van der Waals surface area contributed by atoms with Crippen LogP contribution in [0.15, 0.2) is 47.1 Å². The lowest BCUT2D eigenvalue weighted by Gasteiger charge is -2.22. The van der Waals surface area contributed by atoms with Gasteiger partial charge in [-0.1, -0.05) is 12.1 Å². The molecule has 0 aliphatic heterocycles. The minimum absolute atomic E-state index is 0.0774. The summed E-state index contributed by atoms with van der Waals surface area (Å²) in [4.78, 5) is 23.5. The number of carbonyl (C=O) groups excluding carboxylic acids is 1. The van der Waals surface area contributed by atoms with Crippen LogP contribution in [-0.4, -0.2) is 20.6 Å². The van der Waals surface area contributed by atoms with Gasteiger partial charge in [0, 0.05) is 11.6 Å². The standard InChI is InChI=1S/C20H22N4O5/c1-13-17(18(25)21-12-14-8-7-11-28-14)22-23(20(2,3)4)19(13)29-16-10-6-5-9-15(16)24(26)27/h5-11H,12H2,1-4H3,(H,21,25). The average molecular weight is 398 g/mol. The quantitative estimate of drug-likeness (QED) is 0.492. The van der Waals surface area contributed by atoms with Crippen LogP contribution in [0.2, 0.25) is 0 Å². The zero-order valence-corrected chi connectivity index (χ0v) is 16.6. The monoisotopic (exact) mass is 398 g/mol. The largest absolute Gasteiger partial charge is 0.467 e. The number of nitro groups is 1. The van der Waals surface area contributed by atoms with Crippen molar-refractivity contribution in [1.29, 1.82) is 0 Å². The van der Waals surface area contributed by atoms with E-state index < -0.39 is 16.4 Å². The zero-order valence-electron chi connectivity index (χ0n) is 16.6. The molecule has 1 N–H and O–H groups in total. The minimum Gasteiger partial charge on any atom is -0.467 e. The van der Waals surface area contributed by atoms with Crippen LogP contribution < -0.4 is 10.1 Å². The van der Waals surface area contributed by atoms with Gasteiger partial charge in [0.2, 0.25) is 11.6 Å². The second kappa shape index (κ2) is 7.78. The minimum atomic E-state index is -0.525. The number of rotatable bonds is 6. The Morgan fingerprint density at radius 3 is 2.62 bits per heavy atom. The first kappa shape index (κ1) is 20.1. The maximum absolute atomic E-state index is 12.7. The Kier molecular flexibility index (Phi) is 5.40. The molecule has 3 rings (SSSR count). The number of carbonyl (C=O) groups is 1. The Hall–Kier alpha value is -3.62. The lowest BCUT2D eigenvalue weighted by Crippen LogP contribution is -2.26. The fourth-order valence-electron chi connectivity index (χ4n) is 2.73. The van der Waals surface area contributed by atoms with E-state index in [4.69, 9.17) is 9.15 Å². The Morgan fingerprint density at radius 2 is 2.00 bits per heavy atom. The Labute approximate surface area is 167 Å². The zero-order chi connectivity index (χ0) is 21.2. The molecule has 0 saturated heterocycles. The smallest absolute Gasteiger partial charge is 0.311 e. The van der Waals surface area contributed by atoms with Gasteiger partial charge in [-0.05, 0) is 45.9 Å². The summed E-state index contributed by atoms with van der Waals surface area (Å²) in [5.74, 6) is 0.570. The van der Waals surface area contributed by atoms with Crippen molar-refractivity contribution in [2.45, 2.75) is 39.8 Å². The second-order valence-electron chi connectivity index (χ2n) is 7.45. The van der Waals surface area contributed by atoms with E-state index >= 15 is 0 Å². The molecule has 9 nitrogen and oxygen atoms in total. The number of para-hydroxylation sites is 2. The summed E-state index contributed by atoms with van der Waals surface area (Å²) in [5.41, 5.74) is -0.0316. The first-order chi connectivity index (χ1) is 13.7. The molecule has 0 radical (unpaired) electrons. The van der Waals surface area contributed by atoms with Crippen molar-refractivity contribution in [2.24, 2.45) is 0 Å². The molecule has 0 atom stereocenters. The normalized spacial score (nSPS) is 11.3. The third-order valence-electron chi connectivity index (χ3n) is 4.19. The first-order valence-electron chi connectivity index (χ1n) is 9.00. The van der Waals surface area contributed by atoms with Gasteiger partial charge >= 0.3 is 5.69 Å². The summed E-state index contributed by atoms with van der Waals surface area (Å²) in [6.45, 7) is 7.61. The third-order valence-corrected chi connectivity index (χ3v) is 4.19. The van der Waals surface area contributed by atoms with Crippen LogP contribution in [0.5, 0.6) is 11.6 Å². The van der Waals surface area contributed by atoms with Gasteiger partial charge in [0.1, 0.15) is 5.76 Å². The summed E-state index contributed by atoms with van der Waals surface area (Å²) in [5, 5.41) is 18.5. The molecule has 0 aliphatic carbocycles. The van der Waals surface area contributed by atoms with Crippen molar-refractivity contribution in [3.05, 3.63) is 69.8 Å². The molecule has 2 heterocycles. The molecule has 0 aliphatic rings. The van der Waals surface area contributed by atoms with Gasteiger partial charge in [0.25, 0.3) is 5.91 Å². The lowest BCUT2D eigenvalue weighted by molar-refractivity contribution is -0.385. The average Bonchev–Trinajstić information content (AvgIpc) is 3.28. The second-order valence-corrected chi connectivity index (χ2v) is 7.45. The van der Waals surface area contributed by atoms with Crippen LogP contribution in [0.25, 0.3) is 0 Å². The van der Waals surface area contributed by atoms with E-state index in [1.165, 1.54) is 18.4 Å². The predicted molar refractivity (Wildman–Crippen MR) is 105 cm³/mol. The number of ether oxygens (including phenoxy) is 1. The number of amides is 1. The number of hydrogen-bond donors (Lipinski definition) is 1. The highest BCUT2D eigenvalue weighted by Gasteiger charge is 2.29. The van der Waals surface area contributed by atoms with Crippen LogP contribution >= 0.6 is 0 Å². The highest BCUT2D eigenvalue weighted by Crippen LogP contribution is 2.36. The maximum atomic E-state index is 12.7. The molecule has 0 bridgehead atoms. The van der Waals surface area contributed by atoms with Gasteiger partial charge in [-0.25, -0.2) is 4.68 Å². The number of nitro benzene ring substituents is 1. The van der Waals surface area contributed by atoms with Crippen LogP contribution in [0.3, 0.4) is 0 Å². The molecule has 9 heteroatoms. The molecule has 152 valence electrons. The van der Waals surface area contributed by atoms with Gasteiger partial charge < -0.3 is 14.5 Å². The summed E-state index contributed by atoms with van der Waals surface area (Å²) in [6.07, 6.45) is 1.53. The van der Waals surface area contributed by atoms with Crippen LogP contribution in [0, 0.1) is 17.0 Å². The summed E-state index contributed by atoms with van der Waals surface area (Å²) < 4.78 is 12.7. The molecule has 29 heavy (non-hydrogen) atoms. The Bertz CT molecular complexity index is 1030. The van der Waals surface area contributed by atoms with Crippen LogP contribution in [0.4, 0.5) is 5.69 Å². The highest BCUT2D eigenvalue weighted by atomic mass is 16.6. The number of aromatic nitrogens is 2. The van der Waals surface area contributed by atoms with E-state index in [0.717, 1.165) is 0 Å². The predicted octanol–water partition coefficient (Wildman–Crippen LogP) is 4.17. The lowest BCUT2D eigenvalue weighted by atomic mass is 10.1. The van der Waals surface area contributed by atoms with E-state index in [0.29, 0.717) is 11.3 Å². The number of hydrogen-bond acceptors (Lipinski definition) is 6. The van der Waals surface area contributed by atoms with E-state index in [1.807, 2.05) is 20.8 Å². The number of nitrogens with one attached hydrogen (secondary N) is 1. The topological polar surface area (TPSA) is 112 Å². The molecule has 0 saturated carbocycles. The maximum Gasteiger partial charge on any atom is 0.311 e. The van der Waals surface area contributed by atoms with Crippen molar-refractivity contribution >= 4 is 11.6 Å². The molecule has 0 fully saturated rings. The molecule has 3 aromatic rings. The summed E-state index contributed by atoms with van der Waals surface area (Å²) in [7, 11) is 0. The molecule has 1 aromatic carbocycles. The molecular weight excluding hydrogens is 376 g/mol. The van der Waals surface area contributed by atoms with Crippen LogP contribution in [0.1, 0.15) is 42.6 Å². The number of benzene rings is 1. The van der Waals surface area contributed by atoms with Crippen molar-refractivity contribution < 1.29 is 18.9 Å². The van der Waals surface area contributed by atoms with Gasteiger partial charge in [-0.15, -0.1) is 0 Å². The molecule has 1 amide bonds. The fraction of sp³-hybridized carbons (Fsp3) is 0.300. The van der Waals surface area contributed by atoms with Gasteiger partial charge in [-0.3, -0.25) is 14.9 Å². The van der Waals surface area contributed by atoms with Crippen molar-refractivity contribution in [3.8, 4) is 11.6 Å². The molecule has 2 aromatic heterocycles. The molecule has 0 spiro atoms. The van der Waals surface area contributed by atoms with Gasteiger partial charge in [0.05, 0.1) is 23.3 Å². The summed E-state index contributed by atoms with van der Waals surface area (Å²) >= 11 is 0. The van der Waals surface area contributed by atoms with E-state index in [9.17, 15) is 14.9 Å². The van der Waals surface area contributed by atoms with Gasteiger partial charge in [0.15, 0.2) is 5.69 Å². The Balaban J connectivity index is 1.96. The van der Waals surface area contributed by atoms with Crippen molar-refractivity contribution in [1.82, 2.24) is 15.1 Å². The van der Waals surface area contributed by atoms with E-state index in [2.05, 4.69) is 10.4 Å². The Morgan fingerprint density at radius 1 is 1.28 bits per heavy atom. The van der Waals surface area contributed by atoms with Crippen molar-refractivity contribution in [3.63, 3.8) is 0 Å². The SMILES string of the molecule is Cc1c(C(=O)NCc2ccco2)nn(C(C)(C)C)c1Oc1ccccc1[N+](=O)[O-]. The third kappa shape index (κ3) is 4.29. The highest BCUT2D eigenvalue weighted by molar-refractivity contribution is 5.94. The number of nitrogens with zero attached hydrogens (tertiary/aromatic N) is 3. The molecular formula is C20H22N4O5. The molecule has 0 unspecified atom stereocenters. The van der Waals surface area contributed by atoms with E-state index in [1.54, 1.807) is 35.9 Å². The number of furan rings is 1. The fourth-order valence-corrected chi connectivity index (χ4v) is 2.73. The van der Waals surface area contributed by atoms with Gasteiger partial charge in [-0.2, -0.15) is 5.10 Å². The van der Waals surface area contributed by atoms with Crippen LogP contribution in [-0.2, 0) is 12.1 Å². The van der Waals surface area contributed by atoms with E-state index in [-0.39, 0.29) is 29.6 Å². The summed E-state index contributed by atoms with van der Waals surface area (Å²) in [6, 6.07) is 9.57.